The van der Waals surface area contributed by atoms with Crippen LogP contribution in [0.3, 0.4) is 0 Å². The molecule has 0 aliphatic heterocycles. The molecular weight excluding hydrogens is 228 g/mol. The van der Waals surface area contributed by atoms with Crippen molar-refractivity contribution in [2.75, 3.05) is 13.1 Å². The first-order chi connectivity index (χ1) is 8.37. The predicted molar refractivity (Wildman–Crippen MR) is 73.7 cm³/mol. The molecule has 4 nitrogen and oxygen atoms in total. The fourth-order valence-corrected chi connectivity index (χ4v) is 1.88. The van der Waals surface area contributed by atoms with E-state index in [-0.39, 0.29) is 6.09 Å². The summed E-state index contributed by atoms with van der Waals surface area (Å²) in [7, 11) is 0. The molecule has 1 fully saturated rings. The number of amides is 1. The zero-order valence-corrected chi connectivity index (χ0v) is 12.2. The average Bonchev–Trinajstić information content (AvgIpc) is 2.98. The standard InChI is InChI=1S/C14H28N2O2/c1-11(10-12-6-7-12)15-8-5-9-16-13(17)18-14(2,3)4/h11-12,15H,5-10H2,1-4H3,(H,16,17). The second-order valence-electron chi connectivity index (χ2n) is 6.32. The molecule has 1 saturated carbocycles. The topological polar surface area (TPSA) is 50.4 Å². The van der Waals surface area contributed by atoms with Crippen molar-refractivity contribution in [1.82, 2.24) is 10.6 Å². The van der Waals surface area contributed by atoms with Gasteiger partial charge in [0.15, 0.2) is 0 Å². The second kappa shape index (κ2) is 6.98. The number of hydrogen-bond donors (Lipinski definition) is 2. The van der Waals surface area contributed by atoms with Gasteiger partial charge in [-0.3, -0.25) is 0 Å². The first-order valence-corrected chi connectivity index (χ1v) is 7.07. The highest BCUT2D eigenvalue weighted by molar-refractivity contribution is 5.67. The molecule has 2 N–H and O–H groups in total. The molecule has 1 amide bonds. The van der Waals surface area contributed by atoms with E-state index in [1.807, 2.05) is 20.8 Å². The summed E-state index contributed by atoms with van der Waals surface area (Å²) in [6.45, 7) is 9.45. The van der Waals surface area contributed by atoms with Crippen LogP contribution in [0.25, 0.3) is 0 Å². The van der Waals surface area contributed by atoms with Gasteiger partial charge >= 0.3 is 6.09 Å². The van der Waals surface area contributed by atoms with Crippen molar-refractivity contribution < 1.29 is 9.53 Å². The van der Waals surface area contributed by atoms with Crippen LogP contribution in [-0.4, -0.2) is 30.8 Å². The third-order valence-corrected chi connectivity index (χ3v) is 2.90. The van der Waals surface area contributed by atoms with Crippen LogP contribution in [0.15, 0.2) is 0 Å². The Balaban J connectivity index is 1.92. The Kier molecular flexibility index (Phi) is 5.93. The fraction of sp³-hybridized carbons (Fsp3) is 0.929. The van der Waals surface area contributed by atoms with Gasteiger partial charge in [0, 0.05) is 12.6 Å². The smallest absolute Gasteiger partial charge is 0.407 e. The summed E-state index contributed by atoms with van der Waals surface area (Å²) in [5.41, 5.74) is -0.416. The van der Waals surface area contributed by atoms with Gasteiger partial charge in [-0.05, 0) is 53.0 Å². The minimum absolute atomic E-state index is 0.325. The van der Waals surface area contributed by atoms with Gasteiger partial charge in [-0.1, -0.05) is 12.8 Å². The van der Waals surface area contributed by atoms with Crippen molar-refractivity contribution in [2.24, 2.45) is 5.92 Å². The van der Waals surface area contributed by atoms with Gasteiger partial charge in [-0.2, -0.15) is 0 Å². The second-order valence-corrected chi connectivity index (χ2v) is 6.32. The van der Waals surface area contributed by atoms with E-state index in [2.05, 4.69) is 17.6 Å². The van der Waals surface area contributed by atoms with Crippen molar-refractivity contribution >= 4 is 6.09 Å². The van der Waals surface area contributed by atoms with E-state index in [0.717, 1.165) is 18.9 Å². The molecular formula is C14H28N2O2. The van der Waals surface area contributed by atoms with E-state index in [0.29, 0.717) is 12.6 Å². The highest BCUT2D eigenvalue weighted by Gasteiger charge is 2.23. The van der Waals surface area contributed by atoms with Crippen molar-refractivity contribution in [3.8, 4) is 0 Å². The molecule has 1 aliphatic carbocycles. The van der Waals surface area contributed by atoms with Crippen LogP contribution in [0.4, 0.5) is 4.79 Å². The van der Waals surface area contributed by atoms with Crippen molar-refractivity contribution in [1.29, 1.82) is 0 Å². The maximum atomic E-state index is 11.4. The van der Waals surface area contributed by atoms with Crippen LogP contribution in [0.5, 0.6) is 0 Å². The number of hydrogen-bond acceptors (Lipinski definition) is 3. The van der Waals surface area contributed by atoms with Crippen molar-refractivity contribution in [3.63, 3.8) is 0 Å². The van der Waals surface area contributed by atoms with Crippen LogP contribution in [0.1, 0.15) is 53.4 Å². The lowest BCUT2D eigenvalue weighted by molar-refractivity contribution is 0.0527. The van der Waals surface area contributed by atoms with E-state index in [4.69, 9.17) is 4.74 Å². The number of nitrogens with one attached hydrogen (secondary N) is 2. The monoisotopic (exact) mass is 256 g/mol. The van der Waals surface area contributed by atoms with Gasteiger partial charge in [-0.15, -0.1) is 0 Å². The van der Waals surface area contributed by atoms with E-state index < -0.39 is 5.60 Å². The van der Waals surface area contributed by atoms with Crippen LogP contribution in [-0.2, 0) is 4.74 Å². The Hall–Kier alpha value is -0.770. The molecule has 0 saturated heterocycles. The van der Waals surface area contributed by atoms with E-state index in [9.17, 15) is 4.79 Å². The molecule has 0 aromatic carbocycles. The number of rotatable bonds is 7. The third-order valence-electron chi connectivity index (χ3n) is 2.90. The first-order valence-electron chi connectivity index (χ1n) is 7.07. The summed E-state index contributed by atoms with van der Waals surface area (Å²) in [5, 5.41) is 6.25. The van der Waals surface area contributed by atoms with Crippen LogP contribution in [0, 0.1) is 5.92 Å². The highest BCUT2D eigenvalue weighted by Crippen LogP contribution is 2.33. The van der Waals surface area contributed by atoms with E-state index >= 15 is 0 Å². The molecule has 0 heterocycles. The lowest BCUT2D eigenvalue weighted by Crippen LogP contribution is -2.35. The Morgan fingerprint density at radius 2 is 2.00 bits per heavy atom. The first kappa shape index (κ1) is 15.3. The van der Waals surface area contributed by atoms with Gasteiger partial charge < -0.3 is 15.4 Å². The van der Waals surface area contributed by atoms with Crippen LogP contribution < -0.4 is 10.6 Å². The quantitative estimate of drug-likeness (QED) is 0.689. The van der Waals surface area contributed by atoms with Crippen molar-refractivity contribution in [3.05, 3.63) is 0 Å². The third kappa shape index (κ3) is 8.34. The largest absolute Gasteiger partial charge is 0.444 e. The Labute approximate surface area is 111 Å². The van der Waals surface area contributed by atoms with Crippen molar-refractivity contribution in [2.45, 2.75) is 65.0 Å². The van der Waals surface area contributed by atoms with Gasteiger partial charge in [0.25, 0.3) is 0 Å². The maximum Gasteiger partial charge on any atom is 0.407 e. The number of alkyl carbamates (subject to hydrolysis) is 1. The molecule has 0 aromatic rings. The zero-order chi connectivity index (χ0) is 13.6. The van der Waals surface area contributed by atoms with Crippen LogP contribution in [0.2, 0.25) is 0 Å². The van der Waals surface area contributed by atoms with Gasteiger partial charge in [0.1, 0.15) is 5.60 Å². The molecule has 106 valence electrons. The number of ether oxygens (including phenoxy) is 1. The Morgan fingerprint density at radius 1 is 1.33 bits per heavy atom. The molecule has 1 atom stereocenters. The van der Waals surface area contributed by atoms with E-state index in [1.54, 1.807) is 0 Å². The van der Waals surface area contributed by atoms with Gasteiger partial charge in [-0.25, -0.2) is 4.79 Å². The lowest BCUT2D eigenvalue weighted by atomic mass is 10.1. The summed E-state index contributed by atoms with van der Waals surface area (Å²) in [6.07, 6.45) is 4.72. The molecule has 18 heavy (non-hydrogen) atoms. The molecule has 0 bridgehead atoms. The summed E-state index contributed by atoms with van der Waals surface area (Å²) in [5.74, 6) is 0.965. The summed E-state index contributed by atoms with van der Waals surface area (Å²) >= 11 is 0. The normalized spacial score (nSPS) is 17.3. The summed E-state index contributed by atoms with van der Waals surface area (Å²) < 4.78 is 5.16. The maximum absolute atomic E-state index is 11.4. The summed E-state index contributed by atoms with van der Waals surface area (Å²) in [6, 6.07) is 0.596. The molecule has 0 spiro atoms. The molecule has 4 heteroatoms. The average molecular weight is 256 g/mol. The zero-order valence-electron chi connectivity index (χ0n) is 12.2. The summed E-state index contributed by atoms with van der Waals surface area (Å²) in [4.78, 5) is 11.4. The molecule has 0 aromatic heterocycles. The minimum atomic E-state index is -0.416. The van der Waals surface area contributed by atoms with Crippen LogP contribution >= 0.6 is 0 Å². The Bertz CT molecular complexity index is 257. The van der Waals surface area contributed by atoms with Gasteiger partial charge in [0.2, 0.25) is 0 Å². The number of carbonyl (C=O) groups is 1. The molecule has 1 rings (SSSR count). The molecule has 0 radical (unpaired) electrons. The molecule has 1 aliphatic rings. The fourth-order valence-electron chi connectivity index (χ4n) is 1.88. The SMILES string of the molecule is CC(CC1CC1)NCCCNC(=O)OC(C)(C)C. The van der Waals surface area contributed by atoms with Gasteiger partial charge in [0.05, 0.1) is 0 Å². The number of carbonyl (C=O) groups excluding carboxylic acids is 1. The van der Waals surface area contributed by atoms with E-state index in [1.165, 1.54) is 19.3 Å². The highest BCUT2D eigenvalue weighted by atomic mass is 16.6. The lowest BCUT2D eigenvalue weighted by Gasteiger charge is -2.19. The molecule has 1 unspecified atom stereocenters. The Morgan fingerprint density at radius 3 is 2.56 bits per heavy atom. The predicted octanol–water partition coefficient (Wildman–Crippen LogP) is 2.68. The minimum Gasteiger partial charge on any atom is -0.444 e.